The summed E-state index contributed by atoms with van der Waals surface area (Å²) in [6, 6.07) is 0.215. The molecule has 0 saturated carbocycles. The van der Waals surface area contributed by atoms with Gasteiger partial charge in [-0.3, -0.25) is 4.79 Å². The third-order valence-corrected chi connectivity index (χ3v) is 3.85. The highest BCUT2D eigenvalue weighted by Gasteiger charge is 2.40. The molecule has 2 heterocycles. The molecule has 98 valence electrons. The van der Waals surface area contributed by atoms with Crippen molar-refractivity contribution < 1.29 is 9.53 Å². The van der Waals surface area contributed by atoms with Crippen molar-refractivity contribution in [1.29, 1.82) is 0 Å². The molecule has 0 spiro atoms. The highest BCUT2D eigenvalue weighted by molar-refractivity contribution is 5.87. The van der Waals surface area contributed by atoms with Crippen molar-refractivity contribution in [2.75, 3.05) is 19.8 Å². The third-order valence-electron chi connectivity index (χ3n) is 3.85. The third kappa shape index (κ3) is 2.99. The van der Waals surface area contributed by atoms with E-state index in [9.17, 15) is 4.79 Å². The molecular weight excluding hydrogens is 216 g/mol. The molecule has 2 aliphatic heterocycles. The Morgan fingerprint density at radius 3 is 3.00 bits per heavy atom. The maximum Gasteiger partial charge on any atom is 0.240 e. The van der Waals surface area contributed by atoms with E-state index in [0.717, 1.165) is 51.7 Å². The van der Waals surface area contributed by atoms with Gasteiger partial charge in [0.1, 0.15) is 0 Å². The summed E-state index contributed by atoms with van der Waals surface area (Å²) in [6.45, 7) is 4.62. The molecule has 0 bridgehead atoms. The van der Waals surface area contributed by atoms with Crippen LogP contribution in [-0.2, 0) is 9.53 Å². The van der Waals surface area contributed by atoms with Gasteiger partial charge < -0.3 is 15.4 Å². The van der Waals surface area contributed by atoms with Gasteiger partial charge in [-0.25, -0.2) is 0 Å². The van der Waals surface area contributed by atoms with Gasteiger partial charge in [-0.05, 0) is 38.6 Å². The molecule has 2 rings (SSSR count). The van der Waals surface area contributed by atoms with Crippen molar-refractivity contribution in [3.63, 3.8) is 0 Å². The number of nitrogens with one attached hydrogen (secondary N) is 2. The second kappa shape index (κ2) is 5.83. The number of hydrogen-bond donors (Lipinski definition) is 2. The summed E-state index contributed by atoms with van der Waals surface area (Å²) in [7, 11) is 0. The van der Waals surface area contributed by atoms with Gasteiger partial charge in [-0.15, -0.1) is 0 Å². The van der Waals surface area contributed by atoms with Gasteiger partial charge in [0, 0.05) is 6.61 Å². The van der Waals surface area contributed by atoms with Gasteiger partial charge in [0.15, 0.2) is 0 Å². The second-order valence-corrected chi connectivity index (χ2v) is 5.25. The van der Waals surface area contributed by atoms with E-state index in [-0.39, 0.29) is 17.5 Å². The van der Waals surface area contributed by atoms with Crippen LogP contribution in [0.15, 0.2) is 0 Å². The van der Waals surface area contributed by atoms with Gasteiger partial charge in [0.2, 0.25) is 5.91 Å². The SMILES string of the molecule is CCCC1(C(=O)NC2CCCOC2)CCCN1. The maximum atomic E-state index is 12.4. The van der Waals surface area contributed by atoms with E-state index in [1.807, 2.05) is 0 Å². The molecule has 0 aromatic heterocycles. The molecule has 0 aliphatic carbocycles. The van der Waals surface area contributed by atoms with Gasteiger partial charge in [-0.1, -0.05) is 13.3 Å². The lowest BCUT2D eigenvalue weighted by molar-refractivity contribution is -0.129. The van der Waals surface area contributed by atoms with Crippen LogP contribution >= 0.6 is 0 Å². The molecular formula is C13H24N2O2. The standard InChI is InChI=1S/C13H24N2O2/c1-2-6-13(7-4-8-14-13)12(16)15-11-5-3-9-17-10-11/h11,14H,2-10H2,1H3,(H,15,16). The zero-order chi connectivity index (χ0) is 12.1. The molecule has 2 atom stereocenters. The van der Waals surface area contributed by atoms with Crippen LogP contribution in [0.3, 0.4) is 0 Å². The Morgan fingerprint density at radius 2 is 2.41 bits per heavy atom. The summed E-state index contributed by atoms with van der Waals surface area (Å²) in [5.74, 6) is 0.187. The fraction of sp³-hybridized carbons (Fsp3) is 0.923. The Bertz CT molecular complexity index is 256. The lowest BCUT2D eigenvalue weighted by Gasteiger charge is -2.31. The van der Waals surface area contributed by atoms with Crippen molar-refractivity contribution in [3.05, 3.63) is 0 Å². The highest BCUT2D eigenvalue weighted by Crippen LogP contribution is 2.25. The summed E-state index contributed by atoms with van der Waals surface area (Å²) in [5, 5.41) is 6.57. The van der Waals surface area contributed by atoms with Crippen LogP contribution in [-0.4, -0.2) is 37.2 Å². The van der Waals surface area contributed by atoms with Crippen LogP contribution in [0.25, 0.3) is 0 Å². The number of hydrogen-bond acceptors (Lipinski definition) is 3. The maximum absolute atomic E-state index is 12.4. The molecule has 0 aromatic rings. The average molecular weight is 240 g/mol. The van der Waals surface area contributed by atoms with E-state index >= 15 is 0 Å². The van der Waals surface area contributed by atoms with Crippen molar-refractivity contribution in [1.82, 2.24) is 10.6 Å². The minimum Gasteiger partial charge on any atom is -0.379 e. The summed E-state index contributed by atoms with van der Waals surface area (Å²) in [6.07, 6.45) is 6.16. The van der Waals surface area contributed by atoms with Crippen molar-refractivity contribution in [2.45, 2.75) is 57.0 Å². The topological polar surface area (TPSA) is 50.4 Å². The Labute approximate surface area is 103 Å². The molecule has 2 N–H and O–H groups in total. The fourth-order valence-electron chi connectivity index (χ4n) is 2.93. The summed E-state index contributed by atoms with van der Waals surface area (Å²) in [5.41, 5.74) is -0.299. The average Bonchev–Trinajstić information content (AvgIpc) is 2.81. The largest absolute Gasteiger partial charge is 0.379 e. The molecule has 0 radical (unpaired) electrons. The monoisotopic (exact) mass is 240 g/mol. The molecule has 2 unspecified atom stereocenters. The molecule has 0 aromatic carbocycles. The van der Waals surface area contributed by atoms with E-state index in [0.29, 0.717) is 6.61 Å². The lowest BCUT2D eigenvalue weighted by Crippen LogP contribution is -2.56. The molecule has 2 fully saturated rings. The minimum atomic E-state index is -0.299. The first kappa shape index (κ1) is 12.8. The summed E-state index contributed by atoms with van der Waals surface area (Å²) < 4.78 is 5.40. The van der Waals surface area contributed by atoms with E-state index in [1.54, 1.807) is 0 Å². The Kier molecular flexibility index (Phi) is 4.40. The number of rotatable bonds is 4. The Morgan fingerprint density at radius 1 is 1.53 bits per heavy atom. The molecule has 2 aliphatic rings. The molecule has 2 saturated heterocycles. The smallest absolute Gasteiger partial charge is 0.240 e. The zero-order valence-electron chi connectivity index (χ0n) is 10.8. The van der Waals surface area contributed by atoms with Crippen molar-refractivity contribution in [3.8, 4) is 0 Å². The van der Waals surface area contributed by atoms with Crippen LogP contribution in [0, 0.1) is 0 Å². The predicted molar refractivity (Wildman–Crippen MR) is 66.9 cm³/mol. The molecule has 1 amide bonds. The first-order valence-electron chi connectivity index (χ1n) is 6.90. The van der Waals surface area contributed by atoms with E-state index in [2.05, 4.69) is 17.6 Å². The molecule has 4 heteroatoms. The van der Waals surface area contributed by atoms with E-state index in [1.165, 1.54) is 0 Å². The quantitative estimate of drug-likeness (QED) is 0.776. The lowest BCUT2D eigenvalue weighted by atomic mass is 9.90. The fourth-order valence-corrected chi connectivity index (χ4v) is 2.93. The molecule has 17 heavy (non-hydrogen) atoms. The molecule has 4 nitrogen and oxygen atoms in total. The van der Waals surface area contributed by atoms with Crippen LogP contribution in [0.1, 0.15) is 45.4 Å². The van der Waals surface area contributed by atoms with Gasteiger partial charge in [0.05, 0.1) is 18.2 Å². The number of ether oxygens (including phenoxy) is 1. The highest BCUT2D eigenvalue weighted by atomic mass is 16.5. The Balaban J connectivity index is 1.91. The van der Waals surface area contributed by atoms with Crippen LogP contribution in [0.5, 0.6) is 0 Å². The number of carbonyl (C=O) groups is 1. The van der Waals surface area contributed by atoms with Gasteiger partial charge >= 0.3 is 0 Å². The minimum absolute atomic E-state index is 0.187. The Hall–Kier alpha value is -0.610. The number of carbonyl (C=O) groups excluding carboxylic acids is 1. The van der Waals surface area contributed by atoms with Crippen molar-refractivity contribution >= 4 is 5.91 Å². The van der Waals surface area contributed by atoms with Crippen LogP contribution in [0.4, 0.5) is 0 Å². The van der Waals surface area contributed by atoms with Gasteiger partial charge in [0.25, 0.3) is 0 Å². The summed E-state index contributed by atoms with van der Waals surface area (Å²) >= 11 is 0. The first-order chi connectivity index (χ1) is 8.27. The number of amides is 1. The van der Waals surface area contributed by atoms with Crippen molar-refractivity contribution in [2.24, 2.45) is 0 Å². The van der Waals surface area contributed by atoms with Crippen LogP contribution in [0.2, 0.25) is 0 Å². The summed E-state index contributed by atoms with van der Waals surface area (Å²) in [4.78, 5) is 12.4. The zero-order valence-corrected chi connectivity index (χ0v) is 10.8. The first-order valence-corrected chi connectivity index (χ1v) is 6.90. The van der Waals surface area contributed by atoms with Crippen LogP contribution < -0.4 is 10.6 Å². The normalized spacial score (nSPS) is 33.6. The van der Waals surface area contributed by atoms with E-state index in [4.69, 9.17) is 4.74 Å². The van der Waals surface area contributed by atoms with Gasteiger partial charge in [-0.2, -0.15) is 0 Å². The predicted octanol–water partition coefficient (Wildman–Crippen LogP) is 1.20. The van der Waals surface area contributed by atoms with E-state index < -0.39 is 0 Å². The second-order valence-electron chi connectivity index (χ2n) is 5.25.